The lowest BCUT2D eigenvalue weighted by molar-refractivity contribution is 0.144. The second-order valence-corrected chi connectivity index (χ2v) is 8.03. The highest BCUT2D eigenvalue weighted by Crippen LogP contribution is 2.36. The molecule has 5 rings (SSSR count). The zero-order chi connectivity index (χ0) is 18.9. The van der Waals surface area contributed by atoms with Crippen molar-refractivity contribution in [1.82, 2.24) is 20.1 Å². The Morgan fingerprint density at radius 2 is 1.76 bits per heavy atom. The first-order valence-corrected chi connectivity index (χ1v) is 10.3. The molecule has 2 aliphatic rings. The lowest BCUT2D eigenvalue weighted by Crippen LogP contribution is -2.24. The van der Waals surface area contributed by atoms with E-state index in [1.807, 2.05) is 42.5 Å². The van der Waals surface area contributed by atoms with Gasteiger partial charge in [0.25, 0.3) is 0 Å². The van der Waals surface area contributed by atoms with Crippen molar-refractivity contribution in [2.24, 2.45) is 0 Å². The summed E-state index contributed by atoms with van der Waals surface area (Å²) in [5.74, 6) is 3.40. The number of nitrogens with zero attached hydrogens (tertiary/aromatic N) is 3. The van der Waals surface area contributed by atoms with Gasteiger partial charge in [0.15, 0.2) is 5.82 Å². The zero-order valence-electron chi connectivity index (χ0n) is 16.1. The summed E-state index contributed by atoms with van der Waals surface area (Å²) in [5.41, 5.74) is 2.33. The Bertz CT molecular complexity index is 968. The van der Waals surface area contributed by atoms with E-state index in [9.17, 15) is 0 Å². The largest absolute Gasteiger partial charge is 0.490 e. The molecule has 1 saturated carbocycles. The molecule has 2 aromatic carbocycles. The molecule has 0 radical (unpaired) electrons. The highest BCUT2D eigenvalue weighted by atomic mass is 35.5. The van der Waals surface area contributed by atoms with Gasteiger partial charge in [-0.3, -0.25) is 4.57 Å². The summed E-state index contributed by atoms with van der Waals surface area (Å²) in [7, 11) is 0. The minimum Gasteiger partial charge on any atom is -0.490 e. The second kappa shape index (κ2) is 8.74. The lowest BCUT2D eigenvalue weighted by Gasteiger charge is -2.29. The monoisotopic (exact) mass is 430 g/mol. The van der Waals surface area contributed by atoms with E-state index in [0.717, 1.165) is 60.3 Å². The first kappa shape index (κ1) is 20.2. The molecule has 1 fully saturated rings. The SMILES string of the molecule is Cl.Clc1ccc2c(c1)CNCc1nnc([C@H]3CC[C@H](Oc4ccccc4)CC3)n1-2. The van der Waals surface area contributed by atoms with Gasteiger partial charge >= 0.3 is 0 Å². The van der Waals surface area contributed by atoms with E-state index in [1.54, 1.807) is 0 Å². The number of fused-ring (bicyclic) bond motifs is 3. The number of hydrogen-bond acceptors (Lipinski definition) is 4. The molecule has 5 nitrogen and oxygen atoms in total. The lowest BCUT2D eigenvalue weighted by atomic mass is 9.86. The maximum Gasteiger partial charge on any atom is 0.151 e. The molecular formula is C22H24Cl2N4O. The Hall–Kier alpha value is -2.08. The van der Waals surface area contributed by atoms with Gasteiger partial charge < -0.3 is 10.1 Å². The van der Waals surface area contributed by atoms with E-state index in [0.29, 0.717) is 12.5 Å². The van der Waals surface area contributed by atoms with Crippen LogP contribution in [0.1, 0.15) is 48.8 Å². The van der Waals surface area contributed by atoms with Gasteiger partial charge in [-0.1, -0.05) is 29.8 Å². The maximum absolute atomic E-state index is 6.22. The number of benzene rings is 2. The van der Waals surface area contributed by atoms with Crippen molar-refractivity contribution < 1.29 is 4.74 Å². The van der Waals surface area contributed by atoms with E-state index in [4.69, 9.17) is 16.3 Å². The number of para-hydroxylation sites is 1. The molecule has 0 unspecified atom stereocenters. The van der Waals surface area contributed by atoms with Crippen LogP contribution < -0.4 is 10.1 Å². The zero-order valence-corrected chi connectivity index (χ0v) is 17.6. The summed E-state index contributed by atoms with van der Waals surface area (Å²) in [4.78, 5) is 0. The predicted molar refractivity (Wildman–Crippen MR) is 116 cm³/mol. The summed E-state index contributed by atoms with van der Waals surface area (Å²) in [5, 5.41) is 13.3. The number of rotatable bonds is 3. The quantitative estimate of drug-likeness (QED) is 0.631. The van der Waals surface area contributed by atoms with Crippen LogP contribution in [-0.4, -0.2) is 20.9 Å². The summed E-state index contributed by atoms with van der Waals surface area (Å²) in [6, 6.07) is 16.2. The normalized spacial score (nSPS) is 20.7. The van der Waals surface area contributed by atoms with Crippen molar-refractivity contribution >= 4 is 24.0 Å². The van der Waals surface area contributed by atoms with E-state index in [-0.39, 0.29) is 18.5 Å². The van der Waals surface area contributed by atoms with Gasteiger partial charge in [0, 0.05) is 17.5 Å². The molecule has 1 aliphatic heterocycles. The van der Waals surface area contributed by atoms with E-state index >= 15 is 0 Å². The number of nitrogens with one attached hydrogen (secondary N) is 1. The van der Waals surface area contributed by atoms with E-state index in [1.165, 1.54) is 5.56 Å². The Morgan fingerprint density at radius 3 is 2.55 bits per heavy atom. The molecule has 3 aromatic rings. The minimum absolute atomic E-state index is 0. The molecule has 1 aliphatic carbocycles. The molecule has 152 valence electrons. The van der Waals surface area contributed by atoms with Gasteiger partial charge in [-0.15, -0.1) is 22.6 Å². The standard InChI is InChI=1S/C22H23ClN4O.ClH/c23-17-8-11-20-16(12-17)13-24-14-21-25-26-22(27(20)21)15-6-9-19(10-7-15)28-18-4-2-1-3-5-18;/h1-5,8,11-12,15,19,24H,6-7,9-10,13-14H2;1H/t15-,19-;. The molecule has 2 heterocycles. The number of aromatic nitrogens is 3. The molecule has 1 N–H and O–H groups in total. The summed E-state index contributed by atoms with van der Waals surface area (Å²) in [6.07, 6.45) is 4.47. The van der Waals surface area contributed by atoms with Crippen LogP contribution in [0.3, 0.4) is 0 Å². The van der Waals surface area contributed by atoms with Crippen molar-refractivity contribution in [3.8, 4) is 11.4 Å². The van der Waals surface area contributed by atoms with Crippen molar-refractivity contribution in [2.75, 3.05) is 0 Å². The molecule has 0 saturated heterocycles. The Kier molecular flexibility index (Phi) is 6.09. The highest BCUT2D eigenvalue weighted by molar-refractivity contribution is 6.30. The Labute approximate surface area is 181 Å². The molecule has 7 heteroatoms. The van der Waals surface area contributed by atoms with Gasteiger partial charge in [0.2, 0.25) is 0 Å². The van der Waals surface area contributed by atoms with Crippen molar-refractivity contribution in [3.05, 3.63) is 70.8 Å². The first-order chi connectivity index (χ1) is 13.8. The number of ether oxygens (including phenoxy) is 1. The van der Waals surface area contributed by atoms with Crippen molar-refractivity contribution in [3.63, 3.8) is 0 Å². The average molecular weight is 431 g/mol. The fourth-order valence-electron chi connectivity index (χ4n) is 4.32. The summed E-state index contributed by atoms with van der Waals surface area (Å²) < 4.78 is 8.40. The average Bonchev–Trinajstić information content (AvgIpc) is 3.05. The molecule has 0 atom stereocenters. The third-order valence-corrected chi connectivity index (χ3v) is 5.96. The number of halogens is 2. The third kappa shape index (κ3) is 4.13. The Morgan fingerprint density at radius 1 is 0.966 bits per heavy atom. The number of hydrogen-bond donors (Lipinski definition) is 1. The maximum atomic E-state index is 6.22. The van der Waals surface area contributed by atoms with Crippen LogP contribution in [-0.2, 0) is 13.1 Å². The van der Waals surface area contributed by atoms with Gasteiger partial charge in [-0.25, -0.2) is 0 Å². The van der Waals surface area contributed by atoms with Gasteiger partial charge in [0.1, 0.15) is 11.6 Å². The smallest absolute Gasteiger partial charge is 0.151 e. The predicted octanol–water partition coefficient (Wildman–Crippen LogP) is 5.05. The van der Waals surface area contributed by atoms with Crippen molar-refractivity contribution in [1.29, 1.82) is 0 Å². The van der Waals surface area contributed by atoms with E-state index in [2.05, 4.69) is 26.1 Å². The molecule has 1 aromatic heterocycles. The summed E-state index contributed by atoms with van der Waals surface area (Å²) >= 11 is 6.22. The van der Waals surface area contributed by atoms with Gasteiger partial charge in [-0.05, 0) is 61.6 Å². The van der Waals surface area contributed by atoms with Crippen molar-refractivity contribution in [2.45, 2.75) is 50.8 Å². The Balaban J connectivity index is 0.00000205. The molecule has 0 bridgehead atoms. The fourth-order valence-corrected chi connectivity index (χ4v) is 4.52. The van der Waals surface area contributed by atoms with Crippen LogP contribution >= 0.6 is 24.0 Å². The highest BCUT2D eigenvalue weighted by Gasteiger charge is 2.29. The third-order valence-electron chi connectivity index (χ3n) is 5.72. The van der Waals surface area contributed by atoms with Gasteiger partial charge in [0.05, 0.1) is 18.3 Å². The molecule has 29 heavy (non-hydrogen) atoms. The molecular weight excluding hydrogens is 407 g/mol. The molecule has 0 spiro atoms. The van der Waals surface area contributed by atoms with Crippen LogP contribution in [0.5, 0.6) is 5.75 Å². The van der Waals surface area contributed by atoms with Crippen LogP contribution in [0.4, 0.5) is 0 Å². The van der Waals surface area contributed by atoms with Crippen LogP contribution in [0.15, 0.2) is 48.5 Å². The van der Waals surface area contributed by atoms with E-state index < -0.39 is 0 Å². The fraction of sp³-hybridized carbons (Fsp3) is 0.364. The van der Waals surface area contributed by atoms with Crippen LogP contribution in [0.25, 0.3) is 5.69 Å². The second-order valence-electron chi connectivity index (χ2n) is 7.59. The first-order valence-electron chi connectivity index (χ1n) is 9.93. The summed E-state index contributed by atoms with van der Waals surface area (Å²) in [6.45, 7) is 1.50. The topological polar surface area (TPSA) is 52.0 Å². The van der Waals surface area contributed by atoms with Crippen LogP contribution in [0, 0.1) is 0 Å². The molecule has 0 amide bonds. The van der Waals surface area contributed by atoms with Gasteiger partial charge in [-0.2, -0.15) is 0 Å². The van der Waals surface area contributed by atoms with Crippen LogP contribution in [0.2, 0.25) is 5.02 Å². The minimum atomic E-state index is 0.